The monoisotopic (exact) mass is 220 g/mol. The van der Waals surface area contributed by atoms with Crippen LogP contribution < -0.4 is 0 Å². The van der Waals surface area contributed by atoms with Gasteiger partial charge >= 0.3 is 5.97 Å². The number of carbonyl (C=O) groups excluding carboxylic acids is 1. The van der Waals surface area contributed by atoms with E-state index in [4.69, 9.17) is 5.11 Å². The average molecular weight is 220 g/mol. The molecular weight excluding hydrogens is 208 g/mol. The van der Waals surface area contributed by atoms with E-state index in [2.05, 4.69) is 16.6 Å². The number of benzene rings is 1. The lowest BCUT2D eigenvalue weighted by Crippen LogP contribution is -2.02. The first-order chi connectivity index (χ1) is 7.69. The Hall–Kier alpha value is -1.99. The quantitative estimate of drug-likeness (QED) is 0.569. The van der Waals surface area contributed by atoms with E-state index in [1.165, 1.54) is 19.2 Å². The molecule has 0 spiro atoms. The summed E-state index contributed by atoms with van der Waals surface area (Å²) in [7, 11) is 1.25. The number of phenolic OH excluding ortho intramolecular Hbond substituents is 1. The van der Waals surface area contributed by atoms with Crippen molar-refractivity contribution in [2.45, 2.75) is 6.42 Å². The third-order valence-corrected chi connectivity index (χ3v) is 1.96. The lowest BCUT2D eigenvalue weighted by Gasteiger charge is -2.04. The molecule has 84 valence electrons. The topological polar surface area (TPSA) is 66.8 Å². The first-order valence-electron chi connectivity index (χ1n) is 4.66. The SMILES string of the molecule is COC(=O)c1cc(CC#CCO)ccc1O. The number of carbonyl (C=O) groups is 1. The summed E-state index contributed by atoms with van der Waals surface area (Å²) in [5.74, 6) is 4.51. The van der Waals surface area contributed by atoms with Gasteiger partial charge in [0.25, 0.3) is 0 Å². The van der Waals surface area contributed by atoms with Crippen molar-refractivity contribution >= 4 is 5.97 Å². The van der Waals surface area contributed by atoms with Crippen LogP contribution in [0.3, 0.4) is 0 Å². The molecule has 2 N–H and O–H groups in total. The number of esters is 1. The second-order valence-corrected chi connectivity index (χ2v) is 3.03. The molecule has 1 aromatic carbocycles. The fraction of sp³-hybridized carbons (Fsp3) is 0.250. The number of aliphatic hydroxyl groups excluding tert-OH is 1. The van der Waals surface area contributed by atoms with E-state index in [-0.39, 0.29) is 17.9 Å². The number of ether oxygens (including phenoxy) is 1. The van der Waals surface area contributed by atoms with Crippen molar-refractivity contribution < 1.29 is 19.7 Å². The van der Waals surface area contributed by atoms with E-state index >= 15 is 0 Å². The van der Waals surface area contributed by atoms with Crippen molar-refractivity contribution in [1.82, 2.24) is 0 Å². The zero-order chi connectivity index (χ0) is 12.0. The van der Waals surface area contributed by atoms with Crippen LogP contribution in [0, 0.1) is 11.8 Å². The second kappa shape index (κ2) is 5.79. The molecule has 4 nitrogen and oxygen atoms in total. The maximum absolute atomic E-state index is 11.3. The molecule has 16 heavy (non-hydrogen) atoms. The Kier molecular flexibility index (Phi) is 4.37. The van der Waals surface area contributed by atoms with E-state index in [0.717, 1.165) is 5.56 Å². The van der Waals surface area contributed by atoms with E-state index in [1.807, 2.05) is 0 Å². The van der Waals surface area contributed by atoms with E-state index in [0.29, 0.717) is 6.42 Å². The molecule has 0 unspecified atom stereocenters. The molecule has 4 heteroatoms. The Morgan fingerprint density at radius 2 is 2.19 bits per heavy atom. The molecule has 0 aliphatic carbocycles. The smallest absolute Gasteiger partial charge is 0.341 e. The zero-order valence-corrected chi connectivity index (χ0v) is 8.86. The highest BCUT2D eigenvalue weighted by Gasteiger charge is 2.11. The number of aliphatic hydroxyl groups is 1. The fourth-order valence-electron chi connectivity index (χ4n) is 1.19. The van der Waals surface area contributed by atoms with Crippen LogP contribution in [0.4, 0.5) is 0 Å². The normalized spacial score (nSPS) is 9.12. The Morgan fingerprint density at radius 1 is 1.44 bits per heavy atom. The van der Waals surface area contributed by atoms with Crippen LogP contribution in [0.25, 0.3) is 0 Å². The molecule has 1 rings (SSSR count). The third-order valence-electron chi connectivity index (χ3n) is 1.96. The second-order valence-electron chi connectivity index (χ2n) is 3.03. The van der Waals surface area contributed by atoms with E-state index < -0.39 is 5.97 Å². The van der Waals surface area contributed by atoms with Crippen LogP contribution >= 0.6 is 0 Å². The molecule has 0 saturated carbocycles. The molecule has 0 aliphatic heterocycles. The van der Waals surface area contributed by atoms with Crippen molar-refractivity contribution in [3.8, 4) is 17.6 Å². The summed E-state index contributed by atoms with van der Waals surface area (Å²) in [5.41, 5.74) is 0.893. The zero-order valence-electron chi connectivity index (χ0n) is 8.86. The predicted octanol–water partition coefficient (Wildman–Crippen LogP) is 0.717. The number of hydrogen-bond acceptors (Lipinski definition) is 4. The van der Waals surface area contributed by atoms with Gasteiger partial charge in [0.2, 0.25) is 0 Å². The van der Waals surface area contributed by atoms with Crippen LogP contribution in [-0.2, 0) is 11.2 Å². The number of hydrogen-bond donors (Lipinski definition) is 2. The highest BCUT2D eigenvalue weighted by atomic mass is 16.5. The molecule has 0 amide bonds. The first-order valence-corrected chi connectivity index (χ1v) is 4.66. The third kappa shape index (κ3) is 3.01. The number of phenols is 1. The minimum Gasteiger partial charge on any atom is -0.507 e. The van der Waals surface area contributed by atoms with Crippen LogP contribution in [-0.4, -0.2) is 29.9 Å². The molecule has 0 saturated heterocycles. The summed E-state index contributed by atoms with van der Waals surface area (Å²) in [6.07, 6.45) is 0.408. The van der Waals surface area contributed by atoms with Crippen molar-refractivity contribution in [3.63, 3.8) is 0 Å². The van der Waals surface area contributed by atoms with Crippen LogP contribution in [0.5, 0.6) is 5.75 Å². The molecular formula is C12H12O4. The first kappa shape index (κ1) is 12.1. The Labute approximate surface area is 93.5 Å². The van der Waals surface area contributed by atoms with Crippen molar-refractivity contribution in [3.05, 3.63) is 29.3 Å². The van der Waals surface area contributed by atoms with Gasteiger partial charge in [0, 0.05) is 6.42 Å². The van der Waals surface area contributed by atoms with Crippen LogP contribution in [0.2, 0.25) is 0 Å². The van der Waals surface area contributed by atoms with Gasteiger partial charge in [0.05, 0.1) is 7.11 Å². The summed E-state index contributed by atoms with van der Waals surface area (Å²) < 4.78 is 4.52. The number of rotatable bonds is 2. The molecule has 0 bridgehead atoms. The Balaban J connectivity index is 2.93. The summed E-state index contributed by atoms with van der Waals surface area (Å²) in [5, 5.41) is 17.9. The van der Waals surface area contributed by atoms with Gasteiger partial charge in [-0.1, -0.05) is 17.9 Å². The summed E-state index contributed by atoms with van der Waals surface area (Å²) in [6.45, 7) is -0.193. The Morgan fingerprint density at radius 3 is 2.81 bits per heavy atom. The fourth-order valence-corrected chi connectivity index (χ4v) is 1.19. The summed E-state index contributed by atoms with van der Waals surface area (Å²) >= 11 is 0. The van der Waals surface area contributed by atoms with Crippen molar-refractivity contribution in [2.24, 2.45) is 0 Å². The van der Waals surface area contributed by atoms with Gasteiger partial charge in [0.1, 0.15) is 17.9 Å². The van der Waals surface area contributed by atoms with Gasteiger partial charge in [0.15, 0.2) is 0 Å². The van der Waals surface area contributed by atoms with Gasteiger partial charge in [-0.15, -0.1) is 0 Å². The lowest BCUT2D eigenvalue weighted by atomic mass is 10.1. The minimum absolute atomic E-state index is 0.116. The molecule has 0 aliphatic rings. The summed E-state index contributed by atoms with van der Waals surface area (Å²) in [6, 6.07) is 4.60. The molecule has 0 fully saturated rings. The number of methoxy groups -OCH3 is 1. The van der Waals surface area contributed by atoms with Gasteiger partial charge in [-0.3, -0.25) is 0 Å². The Bertz CT molecular complexity index is 440. The van der Waals surface area contributed by atoms with Crippen LogP contribution in [0.15, 0.2) is 18.2 Å². The molecule has 0 atom stereocenters. The highest BCUT2D eigenvalue weighted by Crippen LogP contribution is 2.19. The molecule has 0 aromatic heterocycles. The molecule has 0 radical (unpaired) electrons. The van der Waals surface area contributed by atoms with Crippen molar-refractivity contribution in [2.75, 3.05) is 13.7 Å². The maximum Gasteiger partial charge on any atom is 0.341 e. The number of aromatic hydroxyl groups is 1. The van der Waals surface area contributed by atoms with Crippen molar-refractivity contribution in [1.29, 1.82) is 0 Å². The largest absolute Gasteiger partial charge is 0.507 e. The van der Waals surface area contributed by atoms with Gasteiger partial charge in [-0.25, -0.2) is 4.79 Å². The standard InChI is InChI=1S/C12H12O4/c1-16-12(15)10-8-9(4-2-3-7-13)5-6-11(10)14/h5-6,8,13-14H,4,7H2,1H3. The van der Waals surface area contributed by atoms with E-state index in [1.54, 1.807) is 6.07 Å². The lowest BCUT2D eigenvalue weighted by molar-refractivity contribution is 0.0597. The van der Waals surface area contributed by atoms with Gasteiger partial charge in [-0.05, 0) is 17.7 Å². The predicted molar refractivity (Wildman–Crippen MR) is 58.0 cm³/mol. The van der Waals surface area contributed by atoms with E-state index in [9.17, 15) is 9.90 Å². The summed E-state index contributed by atoms with van der Waals surface area (Å²) in [4.78, 5) is 11.3. The van der Waals surface area contributed by atoms with Gasteiger partial charge < -0.3 is 14.9 Å². The average Bonchev–Trinajstić information content (AvgIpc) is 2.30. The van der Waals surface area contributed by atoms with Crippen LogP contribution in [0.1, 0.15) is 15.9 Å². The van der Waals surface area contributed by atoms with Gasteiger partial charge in [-0.2, -0.15) is 0 Å². The minimum atomic E-state index is -0.588. The molecule has 0 heterocycles. The highest BCUT2D eigenvalue weighted by molar-refractivity contribution is 5.92. The molecule has 1 aromatic rings. The maximum atomic E-state index is 11.3.